The number of nitrogens with two attached hydrogens (primary N) is 1. The Bertz CT molecular complexity index is 1580. The van der Waals surface area contributed by atoms with Gasteiger partial charge in [-0.15, -0.1) is 11.3 Å². The highest BCUT2D eigenvalue weighted by Gasteiger charge is 2.21. The Morgan fingerprint density at radius 3 is 2.76 bits per heavy atom. The molecule has 0 spiro atoms. The van der Waals surface area contributed by atoms with Gasteiger partial charge in [-0.25, -0.2) is 9.97 Å². The van der Waals surface area contributed by atoms with Gasteiger partial charge < -0.3 is 20.9 Å². The number of aliphatic hydroxyl groups excluding tert-OH is 1. The first-order valence-electron chi connectivity index (χ1n) is 11.6. The summed E-state index contributed by atoms with van der Waals surface area (Å²) >= 11 is 7.57. The summed E-state index contributed by atoms with van der Waals surface area (Å²) in [5.74, 6) is 0.527. The van der Waals surface area contributed by atoms with E-state index in [1.165, 1.54) is 11.3 Å². The number of carbonyl (C=O) groups excluding carboxylic acids is 1. The summed E-state index contributed by atoms with van der Waals surface area (Å²) in [6, 6.07) is 19.1. The van der Waals surface area contributed by atoms with Gasteiger partial charge in [0.1, 0.15) is 33.9 Å². The van der Waals surface area contributed by atoms with Crippen LogP contribution in [0.15, 0.2) is 73.2 Å². The van der Waals surface area contributed by atoms with E-state index in [9.17, 15) is 4.79 Å². The van der Waals surface area contributed by atoms with Crippen molar-refractivity contribution in [3.63, 3.8) is 0 Å². The second-order valence-corrected chi connectivity index (χ2v) is 9.76. The number of aromatic nitrogens is 3. The molecule has 5 aromatic rings. The number of nitrogens with zero attached hydrogens (tertiary/aromatic N) is 3. The summed E-state index contributed by atoms with van der Waals surface area (Å²) in [6.07, 6.45) is 3.06. The molecule has 0 aliphatic heterocycles. The first-order valence-corrected chi connectivity index (χ1v) is 12.8. The number of rotatable bonds is 9. The van der Waals surface area contributed by atoms with Crippen LogP contribution in [0.3, 0.4) is 0 Å². The monoisotopic (exact) mass is 533 g/mol. The van der Waals surface area contributed by atoms with Gasteiger partial charge in [0.15, 0.2) is 0 Å². The van der Waals surface area contributed by atoms with Crippen molar-refractivity contribution in [2.24, 2.45) is 5.73 Å². The number of hydrogen-bond acceptors (Lipinski definition) is 7. The van der Waals surface area contributed by atoms with Gasteiger partial charge in [-0.1, -0.05) is 35.9 Å². The number of thiophene rings is 1. The summed E-state index contributed by atoms with van der Waals surface area (Å²) in [7, 11) is 0. The lowest BCUT2D eigenvalue weighted by molar-refractivity contribution is 0.0998. The normalized spacial score (nSPS) is 12.0. The predicted molar refractivity (Wildman–Crippen MR) is 147 cm³/mol. The van der Waals surface area contributed by atoms with Crippen molar-refractivity contribution in [3.8, 4) is 21.9 Å². The van der Waals surface area contributed by atoms with E-state index in [2.05, 4.69) is 15.3 Å². The van der Waals surface area contributed by atoms with Gasteiger partial charge in [-0.05, 0) is 48.4 Å². The second kappa shape index (κ2) is 10.6. The Labute approximate surface area is 222 Å². The molecule has 4 N–H and O–H groups in total. The third kappa shape index (κ3) is 5.15. The molecule has 0 fully saturated rings. The number of carbonyl (C=O) groups is 1. The molecule has 10 heteroatoms. The second-order valence-electron chi connectivity index (χ2n) is 8.32. The van der Waals surface area contributed by atoms with Crippen LogP contribution in [0.1, 0.15) is 28.3 Å². The standard InChI is InChI=1S/C27H24ClN5O3S/c1-16(19-4-2-3-5-20(19)28)36-23-14-25(37-26(23)27(29)35)33-15-32-21-12-17(6-7-22(21)33)18-8-9-30-24(13-18)31-10-11-34/h2-9,12-16,34H,10-11H2,1H3,(H2,29,35)(H,30,31)/t16-/m1/s1. The van der Waals surface area contributed by atoms with Crippen LogP contribution in [0.4, 0.5) is 5.82 Å². The molecule has 0 aliphatic carbocycles. The van der Waals surface area contributed by atoms with Crippen LogP contribution in [0.5, 0.6) is 5.75 Å². The van der Waals surface area contributed by atoms with Crippen molar-refractivity contribution < 1.29 is 14.6 Å². The molecule has 0 saturated heterocycles. The third-order valence-electron chi connectivity index (χ3n) is 5.85. The molecule has 0 bridgehead atoms. The minimum atomic E-state index is -0.562. The highest BCUT2D eigenvalue weighted by Crippen LogP contribution is 2.37. The summed E-state index contributed by atoms with van der Waals surface area (Å²) < 4.78 is 8.05. The van der Waals surface area contributed by atoms with Crippen molar-refractivity contribution in [2.45, 2.75) is 13.0 Å². The third-order valence-corrected chi connectivity index (χ3v) is 7.33. The number of amides is 1. The topological polar surface area (TPSA) is 115 Å². The van der Waals surface area contributed by atoms with E-state index in [0.29, 0.717) is 28.0 Å². The summed E-state index contributed by atoms with van der Waals surface area (Å²) in [6.45, 7) is 2.33. The van der Waals surface area contributed by atoms with Gasteiger partial charge in [0.2, 0.25) is 0 Å². The maximum Gasteiger partial charge on any atom is 0.262 e. The Hall–Kier alpha value is -3.92. The number of halogens is 1. The molecule has 2 aromatic carbocycles. The van der Waals surface area contributed by atoms with Crippen molar-refractivity contribution in [1.29, 1.82) is 0 Å². The van der Waals surface area contributed by atoms with Gasteiger partial charge in [0, 0.05) is 29.4 Å². The number of aliphatic hydroxyl groups is 1. The lowest BCUT2D eigenvalue weighted by Crippen LogP contribution is -2.12. The van der Waals surface area contributed by atoms with E-state index in [1.807, 2.05) is 60.0 Å². The molecule has 3 aromatic heterocycles. The summed E-state index contributed by atoms with van der Waals surface area (Å²) in [5.41, 5.74) is 10.1. The van der Waals surface area contributed by atoms with Crippen molar-refractivity contribution in [3.05, 3.63) is 88.7 Å². The zero-order chi connectivity index (χ0) is 25.9. The maximum absolute atomic E-state index is 12.2. The van der Waals surface area contributed by atoms with E-state index in [4.69, 9.17) is 27.2 Å². The minimum absolute atomic E-state index is 0.0289. The van der Waals surface area contributed by atoms with Crippen LogP contribution in [-0.2, 0) is 0 Å². The van der Waals surface area contributed by atoms with Crippen LogP contribution < -0.4 is 15.8 Å². The van der Waals surface area contributed by atoms with Crippen molar-refractivity contribution in [1.82, 2.24) is 14.5 Å². The molecule has 1 atom stereocenters. The Morgan fingerprint density at radius 2 is 1.97 bits per heavy atom. The molecule has 0 unspecified atom stereocenters. The number of nitrogens with one attached hydrogen (secondary N) is 1. The lowest BCUT2D eigenvalue weighted by atomic mass is 10.1. The number of hydrogen-bond donors (Lipinski definition) is 3. The van der Waals surface area contributed by atoms with Gasteiger partial charge >= 0.3 is 0 Å². The van der Waals surface area contributed by atoms with Crippen LogP contribution in [-0.4, -0.2) is 38.7 Å². The number of benzene rings is 2. The van der Waals surface area contributed by atoms with Gasteiger partial charge in [0.25, 0.3) is 5.91 Å². The molecule has 37 heavy (non-hydrogen) atoms. The van der Waals surface area contributed by atoms with E-state index < -0.39 is 5.91 Å². The van der Waals surface area contributed by atoms with E-state index >= 15 is 0 Å². The number of imidazole rings is 1. The molecule has 1 amide bonds. The molecule has 0 radical (unpaired) electrons. The van der Waals surface area contributed by atoms with Gasteiger partial charge in [0.05, 0.1) is 17.6 Å². The fourth-order valence-corrected chi connectivity index (χ4v) is 5.27. The Kier molecular flexibility index (Phi) is 7.09. The fourth-order valence-electron chi connectivity index (χ4n) is 4.06. The van der Waals surface area contributed by atoms with Gasteiger partial charge in [-0.3, -0.25) is 9.36 Å². The SMILES string of the molecule is C[C@@H](Oc1cc(-n2cnc3cc(-c4ccnc(NCCO)c4)ccc32)sc1C(N)=O)c1ccccc1Cl. The number of pyridine rings is 1. The average Bonchev–Trinajstić information content (AvgIpc) is 3.51. The van der Waals surface area contributed by atoms with Crippen LogP contribution in [0.25, 0.3) is 27.2 Å². The Morgan fingerprint density at radius 1 is 1.16 bits per heavy atom. The van der Waals surface area contributed by atoms with Crippen molar-refractivity contribution >= 4 is 45.7 Å². The summed E-state index contributed by atoms with van der Waals surface area (Å²) in [5, 5.41) is 13.5. The smallest absolute Gasteiger partial charge is 0.262 e. The summed E-state index contributed by atoms with van der Waals surface area (Å²) in [4.78, 5) is 21.4. The quantitative estimate of drug-likeness (QED) is 0.232. The number of primary amides is 1. The molecule has 188 valence electrons. The zero-order valence-corrected chi connectivity index (χ0v) is 21.5. The largest absolute Gasteiger partial charge is 0.484 e. The number of fused-ring (bicyclic) bond motifs is 1. The maximum atomic E-state index is 12.2. The zero-order valence-electron chi connectivity index (χ0n) is 19.9. The average molecular weight is 534 g/mol. The molecule has 0 saturated carbocycles. The van der Waals surface area contributed by atoms with E-state index in [0.717, 1.165) is 32.7 Å². The van der Waals surface area contributed by atoms with E-state index in [-0.39, 0.29) is 12.7 Å². The van der Waals surface area contributed by atoms with Gasteiger partial charge in [-0.2, -0.15) is 0 Å². The molecular formula is C27H24ClN5O3S. The highest BCUT2D eigenvalue weighted by molar-refractivity contribution is 7.16. The molecule has 0 aliphatic rings. The highest BCUT2D eigenvalue weighted by atomic mass is 35.5. The molecular weight excluding hydrogens is 510 g/mol. The number of anilines is 1. The first-order chi connectivity index (χ1) is 17.9. The number of ether oxygens (including phenoxy) is 1. The minimum Gasteiger partial charge on any atom is -0.484 e. The Balaban J connectivity index is 1.46. The first kappa shape index (κ1) is 24.8. The predicted octanol–water partition coefficient (Wildman–Crippen LogP) is 5.45. The molecule has 5 rings (SSSR count). The van der Waals surface area contributed by atoms with Crippen molar-refractivity contribution in [2.75, 3.05) is 18.5 Å². The van der Waals surface area contributed by atoms with E-state index in [1.54, 1.807) is 24.7 Å². The molecule has 8 nitrogen and oxygen atoms in total. The molecule has 3 heterocycles. The lowest BCUT2D eigenvalue weighted by Gasteiger charge is -2.16. The van der Waals surface area contributed by atoms with Crippen LogP contribution >= 0.6 is 22.9 Å². The van der Waals surface area contributed by atoms with Crippen LogP contribution in [0.2, 0.25) is 5.02 Å². The van der Waals surface area contributed by atoms with Crippen LogP contribution in [0, 0.1) is 0 Å². The fraction of sp³-hybridized carbons (Fsp3) is 0.148.